The van der Waals surface area contributed by atoms with Crippen molar-refractivity contribution in [1.29, 1.82) is 0 Å². The minimum absolute atomic E-state index is 0.152. The van der Waals surface area contributed by atoms with Gasteiger partial charge in [-0.2, -0.15) is 0 Å². The number of anilines is 1. The molecule has 1 unspecified atom stereocenters. The summed E-state index contributed by atoms with van der Waals surface area (Å²) >= 11 is 0. The maximum absolute atomic E-state index is 13.1. The highest BCUT2D eigenvalue weighted by atomic mass is 16.2. The van der Waals surface area contributed by atoms with E-state index in [1.165, 1.54) is 0 Å². The van der Waals surface area contributed by atoms with Crippen LogP contribution in [0, 0.1) is 0 Å². The Morgan fingerprint density at radius 2 is 2.14 bits per heavy atom. The summed E-state index contributed by atoms with van der Waals surface area (Å²) in [5.41, 5.74) is 3.58. The number of aromatic nitrogens is 2. The van der Waals surface area contributed by atoms with Gasteiger partial charge in [0.1, 0.15) is 6.04 Å². The van der Waals surface area contributed by atoms with Crippen molar-refractivity contribution in [3.05, 3.63) is 46.8 Å². The van der Waals surface area contributed by atoms with Crippen LogP contribution in [0.25, 0.3) is 0 Å². The molecule has 3 aliphatic rings. The number of imide groups is 1. The van der Waals surface area contributed by atoms with Gasteiger partial charge in [-0.05, 0) is 17.5 Å². The molecule has 0 spiro atoms. The molecule has 9 heteroatoms. The maximum Gasteiger partial charge on any atom is 0.255 e. The highest BCUT2D eigenvalue weighted by molar-refractivity contribution is 6.06. The van der Waals surface area contributed by atoms with Gasteiger partial charge in [-0.25, -0.2) is 4.98 Å². The Balaban J connectivity index is 1.35. The molecule has 0 aliphatic carbocycles. The zero-order valence-electron chi connectivity index (χ0n) is 15.9. The van der Waals surface area contributed by atoms with Crippen LogP contribution in [0.4, 0.5) is 5.95 Å². The number of rotatable bonds is 4. The smallest absolute Gasteiger partial charge is 0.255 e. The van der Waals surface area contributed by atoms with Crippen molar-refractivity contribution >= 4 is 23.7 Å². The molecule has 0 bridgehead atoms. The topological polar surface area (TPSA) is 108 Å². The fraction of sp³-hybridized carbons (Fsp3) is 0.400. The summed E-state index contributed by atoms with van der Waals surface area (Å²) in [7, 11) is 0. The van der Waals surface area contributed by atoms with Crippen LogP contribution in [0.2, 0.25) is 0 Å². The summed E-state index contributed by atoms with van der Waals surface area (Å²) in [5.74, 6) is -0.0222. The number of piperidine rings is 1. The van der Waals surface area contributed by atoms with Crippen molar-refractivity contribution in [3.8, 4) is 0 Å². The van der Waals surface area contributed by atoms with Gasteiger partial charge in [-0.1, -0.05) is 18.2 Å². The summed E-state index contributed by atoms with van der Waals surface area (Å²) < 4.78 is 2.15. The van der Waals surface area contributed by atoms with E-state index in [9.17, 15) is 14.4 Å². The molecule has 9 nitrogen and oxygen atoms in total. The fourth-order valence-corrected chi connectivity index (χ4v) is 4.36. The number of hydrogen-bond donors (Lipinski definition) is 3. The van der Waals surface area contributed by atoms with Gasteiger partial charge < -0.3 is 20.1 Å². The molecule has 1 saturated heterocycles. The first-order valence-corrected chi connectivity index (χ1v) is 9.86. The summed E-state index contributed by atoms with van der Waals surface area (Å²) in [4.78, 5) is 42.9. The van der Waals surface area contributed by atoms with E-state index in [4.69, 9.17) is 0 Å². The molecule has 0 radical (unpaired) electrons. The molecule has 2 aromatic rings. The zero-order valence-corrected chi connectivity index (χ0v) is 15.9. The molecule has 1 aromatic carbocycles. The first-order chi connectivity index (χ1) is 14.1. The van der Waals surface area contributed by atoms with Crippen LogP contribution in [-0.2, 0) is 35.8 Å². The number of amides is 3. The summed E-state index contributed by atoms with van der Waals surface area (Å²) in [6.45, 7) is 3.42. The number of hydrogen-bond acceptors (Lipinski definition) is 6. The van der Waals surface area contributed by atoms with Gasteiger partial charge in [0, 0.05) is 44.7 Å². The van der Waals surface area contributed by atoms with E-state index in [0.29, 0.717) is 25.1 Å². The van der Waals surface area contributed by atoms with E-state index in [1.54, 1.807) is 4.90 Å². The van der Waals surface area contributed by atoms with Gasteiger partial charge >= 0.3 is 0 Å². The Morgan fingerprint density at radius 1 is 1.24 bits per heavy atom. The number of imidazole rings is 1. The van der Waals surface area contributed by atoms with Gasteiger partial charge in [-0.3, -0.25) is 19.7 Å². The SMILES string of the molecule is O=C1CCC(N2Cc3cccc(CNc4ncc5n4CCNC5)c3C2=O)C(=O)N1. The Bertz CT molecular complexity index is 1010. The third-order valence-electron chi connectivity index (χ3n) is 5.83. The average Bonchev–Trinajstić information content (AvgIpc) is 3.28. The third kappa shape index (κ3) is 3.07. The van der Waals surface area contributed by atoms with Crippen LogP contribution in [-0.4, -0.2) is 44.8 Å². The molecule has 1 fully saturated rings. The molecular formula is C20H22N6O3. The molecule has 5 rings (SSSR count). The number of carbonyl (C=O) groups is 3. The summed E-state index contributed by atoms with van der Waals surface area (Å²) in [6, 6.07) is 5.19. The average molecular weight is 394 g/mol. The second-order valence-corrected chi connectivity index (χ2v) is 7.61. The third-order valence-corrected chi connectivity index (χ3v) is 5.83. The maximum atomic E-state index is 13.1. The van der Waals surface area contributed by atoms with E-state index < -0.39 is 6.04 Å². The van der Waals surface area contributed by atoms with E-state index in [0.717, 1.165) is 42.4 Å². The largest absolute Gasteiger partial charge is 0.352 e. The van der Waals surface area contributed by atoms with E-state index in [2.05, 4.69) is 25.5 Å². The quantitative estimate of drug-likeness (QED) is 0.646. The molecular weight excluding hydrogens is 372 g/mol. The Labute approximate surface area is 167 Å². The van der Waals surface area contributed by atoms with Crippen molar-refractivity contribution < 1.29 is 14.4 Å². The molecule has 3 amide bonds. The second kappa shape index (κ2) is 7.00. The first kappa shape index (κ1) is 17.9. The lowest BCUT2D eigenvalue weighted by Crippen LogP contribution is -2.52. The van der Waals surface area contributed by atoms with Crippen molar-refractivity contribution in [3.63, 3.8) is 0 Å². The van der Waals surface area contributed by atoms with E-state index >= 15 is 0 Å². The molecule has 3 N–H and O–H groups in total. The van der Waals surface area contributed by atoms with Crippen LogP contribution in [0.15, 0.2) is 24.4 Å². The highest BCUT2D eigenvalue weighted by Gasteiger charge is 2.39. The molecule has 29 heavy (non-hydrogen) atoms. The fourth-order valence-electron chi connectivity index (χ4n) is 4.36. The van der Waals surface area contributed by atoms with Crippen molar-refractivity contribution in [2.75, 3.05) is 11.9 Å². The van der Waals surface area contributed by atoms with Crippen LogP contribution in [0.5, 0.6) is 0 Å². The Morgan fingerprint density at radius 3 is 3.00 bits per heavy atom. The number of nitrogens with one attached hydrogen (secondary N) is 3. The minimum atomic E-state index is -0.597. The highest BCUT2D eigenvalue weighted by Crippen LogP contribution is 2.30. The normalized spacial score (nSPS) is 21.0. The number of carbonyl (C=O) groups excluding carboxylic acids is 3. The lowest BCUT2D eigenvalue weighted by atomic mass is 10.0. The molecule has 1 atom stereocenters. The zero-order chi connectivity index (χ0) is 20.0. The Hall–Kier alpha value is -3.20. The molecule has 150 valence electrons. The van der Waals surface area contributed by atoms with Gasteiger partial charge in [-0.15, -0.1) is 0 Å². The van der Waals surface area contributed by atoms with Crippen LogP contribution in [0.1, 0.15) is 40.0 Å². The van der Waals surface area contributed by atoms with Crippen molar-refractivity contribution in [1.82, 2.24) is 25.1 Å². The first-order valence-electron chi connectivity index (χ1n) is 9.86. The molecule has 1 aromatic heterocycles. The molecule has 3 aliphatic heterocycles. The van der Waals surface area contributed by atoms with Crippen LogP contribution in [0.3, 0.4) is 0 Å². The standard InChI is InChI=1S/C20H22N6O3/c27-16-5-4-15(18(28)24-16)26-11-13-3-1-2-12(17(13)19(26)29)8-22-20-23-10-14-9-21-6-7-25(14)20/h1-3,10,15,21H,4-9,11H2,(H,22,23)(H,24,27,28). The number of benzene rings is 1. The predicted molar refractivity (Wildman–Crippen MR) is 104 cm³/mol. The number of fused-ring (bicyclic) bond motifs is 2. The predicted octanol–water partition coefficient (Wildman–Crippen LogP) is 0.359. The van der Waals surface area contributed by atoms with Crippen molar-refractivity contribution in [2.24, 2.45) is 0 Å². The monoisotopic (exact) mass is 394 g/mol. The van der Waals surface area contributed by atoms with Gasteiger partial charge in [0.25, 0.3) is 5.91 Å². The summed E-state index contributed by atoms with van der Waals surface area (Å²) in [6.07, 6.45) is 2.48. The second-order valence-electron chi connectivity index (χ2n) is 7.61. The van der Waals surface area contributed by atoms with Gasteiger partial charge in [0.15, 0.2) is 0 Å². The molecule has 0 saturated carbocycles. The lowest BCUT2D eigenvalue weighted by Gasteiger charge is -2.29. The van der Waals surface area contributed by atoms with Gasteiger partial charge in [0.05, 0.1) is 11.9 Å². The van der Waals surface area contributed by atoms with Crippen LogP contribution >= 0.6 is 0 Å². The lowest BCUT2D eigenvalue weighted by molar-refractivity contribution is -0.136. The van der Waals surface area contributed by atoms with E-state index in [1.807, 2.05) is 24.4 Å². The molecule has 4 heterocycles. The Kier molecular flexibility index (Phi) is 4.31. The van der Waals surface area contributed by atoms with E-state index in [-0.39, 0.29) is 24.1 Å². The summed E-state index contributed by atoms with van der Waals surface area (Å²) in [5, 5.41) is 9.02. The number of nitrogens with zero attached hydrogens (tertiary/aromatic N) is 3. The van der Waals surface area contributed by atoms with Crippen LogP contribution < -0.4 is 16.0 Å². The van der Waals surface area contributed by atoms with Crippen molar-refractivity contribution in [2.45, 2.75) is 45.1 Å². The van der Waals surface area contributed by atoms with Gasteiger partial charge in [0.2, 0.25) is 17.8 Å². The minimum Gasteiger partial charge on any atom is -0.352 e.